The molecule has 0 bridgehead atoms. The van der Waals surface area contributed by atoms with Gasteiger partial charge in [0, 0.05) is 22.6 Å². The molecule has 6 nitrogen and oxygen atoms in total. The number of carbonyl (C=O) groups excluding carboxylic acids is 2. The van der Waals surface area contributed by atoms with Gasteiger partial charge >= 0.3 is 0 Å². The highest BCUT2D eigenvalue weighted by Gasteiger charge is 2.27. The van der Waals surface area contributed by atoms with Crippen molar-refractivity contribution in [1.82, 2.24) is 4.98 Å². The van der Waals surface area contributed by atoms with Crippen molar-refractivity contribution >= 4 is 39.1 Å². The van der Waals surface area contributed by atoms with E-state index < -0.39 is 0 Å². The van der Waals surface area contributed by atoms with Crippen LogP contribution in [0.25, 0.3) is 11.1 Å². The average Bonchev–Trinajstić information content (AvgIpc) is 2.72. The van der Waals surface area contributed by atoms with E-state index in [0.717, 1.165) is 21.2 Å². The van der Waals surface area contributed by atoms with E-state index in [1.54, 1.807) is 24.5 Å². The largest absolute Gasteiger partial charge is 0.482 e. The lowest BCUT2D eigenvalue weighted by molar-refractivity contribution is -0.123. The number of aromatic nitrogens is 1. The van der Waals surface area contributed by atoms with Crippen LogP contribution in [0, 0.1) is 6.92 Å². The first kappa shape index (κ1) is 19.1. The number of carbonyl (C=O) groups is 2. The van der Waals surface area contributed by atoms with Crippen LogP contribution in [0.3, 0.4) is 0 Å². The van der Waals surface area contributed by atoms with Crippen molar-refractivity contribution in [2.24, 2.45) is 0 Å². The first-order chi connectivity index (χ1) is 14.0. The highest BCUT2D eigenvalue weighted by Crippen LogP contribution is 2.34. The first-order valence-corrected chi connectivity index (χ1v) is 9.84. The Morgan fingerprint density at radius 2 is 1.93 bits per heavy atom. The minimum Gasteiger partial charge on any atom is -0.482 e. The first-order valence-electron chi connectivity index (χ1n) is 9.05. The number of rotatable bonds is 4. The summed E-state index contributed by atoms with van der Waals surface area (Å²) in [6.07, 6.45) is 3.46. The lowest BCUT2D eigenvalue weighted by Crippen LogP contribution is -2.43. The van der Waals surface area contributed by atoms with Gasteiger partial charge in [-0.3, -0.25) is 19.5 Å². The molecule has 0 spiro atoms. The topological polar surface area (TPSA) is 71.5 Å². The highest BCUT2D eigenvalue weighted by atomic mass is 79.9. The SMILES string of the molecule is Cc1ccc(-c2ccncc2)cc1NC(=O)CN1C(=O)COc2cc(Br)ccc21. The third-order valence-electron chi connectivity index (χ3n) is 4.69. The zero-order chi connectivity index (χ0) is 20.4. The Kier molecular flexibility index (Phi) is 5.31. The van der Waals surface area contributed by atoms with E-state index in [-0.39, 0.29) is 25.0 Å². The monoisotopic (exact) mass is 451 g/mol. The van der Waals surface area contributed by atoms with Crippen LogP contribution in [0.5, 0.6) is 5.75 Å². The molecule has 0 aliphatic carbocycles. The molecular weight excluding hydrogens is 434 g/mol. The van der Waals surface area contributed by atoms with Gasteiger partial charge in [-0.1, -0.05) is 28.1 Å². The number of fused-ring (bicyclic) bond motifs is 1. The highest BCUT2D eigenvalue weighted by molar-refractivity contribution is 9.10. The molecule has 2 heterocycles. The molecule has 1 aliphatic heterocycles. The lowest BCUT2D eigenvalue weighted by Gasteiger charge is -2.29. The third kappa shape index (κ3) is 4.14. The summed E-state index contributed by atoms with van der Waals surface area (Å²) in [7, 11) is 0. The molecule has 2 aromatic carbocycles. The van der Waals surface area contributed by atoms with Crippen LogP contribution < -0.4 is 15.0 Å². The van der Waals surface area contributed by atoms with E-state index in [1.165, 1.54) is 4.90 Å². The Hall–Kier alpha value is -3.19. The van der Waals surface area contributed by atoms with Crippen LogP contribution in [0.4, 0.5) is 11.4 Å². The van der Waals surface area contributed by atoms with Crippen LogP contribution in [0.2, 0.25) is 0 Å². The van der Waals surface area contributed by atoms with E-state index >= 15 is 0 Å². The second kappa shape index (κ2) is 8.05. The molecule has 1 aliphatic rings. The van der Waals surface area contributed by atoms with Crippen LogP contribution in [0.1, 0.15) is 5.56 Å². The summed E-state index contributed by atoms with van der Waals surface area (Å²) < 4.78 is 6.32. The Labute approximate surface area is 176 Å². The van der Waals surface area contributed by atoms with E-state index in [1.807, 2.05) is 43.3 Å². The Bertz CT molecular complexity index is 1090. The van der Waals surface area contributed by atoms with Gasteiger partial charge in [0.25, 0.3) is 5.91 Å². The van der Waals surface area contributed by atoms with Crippen LogP contribution in [-0.2, 0) is 9.59 Å². The maximum Gasteiger partial charge on any atom is 0.265 e. The summed E-state index contributed by atoms with van der Waals surface area (Å²) in [5, 5.41) is 2.93. The minimum absolute atomic E-state index is 0.0875. The molecule has 2 amide bonds. The summed E-state index contributed by atoms with van der Waals surface area (Å²) in [6, 6.07) is 15.1. The summed E-state index contributed by atoms with van der Waals surface area (Å²) in [4.78, 5) is 30.6. The zero-order valence-corrected chi connectivity index (χ0v) is 17.3. The number of ether oxygens (including phenoxy) is 1. The molecule has 0 saturated heterocycles. The van der Waals surface area contributed by atoms with Gasteiger partial charge in [-0.15, -0.1) is 0 Å². The van der Waals surface area contributed by atoms with E-state index in [9.17, 15) is 9.59 Å². The molecule has 3 aromatic rings. The van der Waals surface area contributed by atoms with Crippen LogP contribution in [0.15, 0.2) is 65.4 Å². The molecule has 0 atom stereocenters. The number of pyridine rings is 1. The maximum absolute atomic E-state index is 12.7. The van der Waals surface area contributed by atoms with E-state index in [2.05, 4.69) is 26.2 Å². The Morgan fingerprint density at radius 1 is 1.14 bits per heavy atom. The van der Waals surface area contributed by atoms with Gasteiger partial charge in [0.1, 0.15) is 12.3 Å². The Morgan fingerprint density at radius 3 is 2.72 bits per heavy atom. The number of nitrogens with zero attached hydrogens (tertiary/aromatic N) is 2. The van der Waals surface area contributed by atoms with E-state index in [0.29, 0.717) is 17.1 Å². The number of amides is 2. The molecule has 0 radical (unpaired) electrons. The molecule has 4 rings (SSSR count). The summed E-state index contributed by atoms with van der Waals surface area (Å²) in [5.41, 5.74) is 4.22. The van der Waals surface area contributed by atoms with E-state index in [4.69, 9.17) is 4.74 Å². The minimum atomic E-state index is -0.274. The van der Waals surface area contributed by atoms with Gasteiger partial charge in [-0.2, -0.15) is 0 Å². The van der Waals surface area contributed by atoms with Gasteiger partial charge in [0.05, 0.1) is 5.69 Å². The number of nitrogens with one attached hydrogen (secondary N) is 1. The number of hydrogen-bond acceptors (Lipinski definition) is 4. The zero-order valence-electron chi connectivity index (χ0n) is 15.7. The molecule has 0 unspecified atom stereocenters. The van der Waals surface area contributed by atoms with Gasteiger partial charge in [0.15, 0.2) is 6.61 Å². The van der Waals surface area contributed by atoms with Crippen molar-refractivity contribution in [2.45, 2.75) is 6.92 Å². The average molecular weight is 452 g/mol. The normalized spacial score (nSPS) is 12.9. The number of halogens is 1. The number of benzene rings is 2. The molecule has 146 valence electrons. The quantitative estimate of drug-likeness (QED) is 0.645. The van der Waals surface area contributed by atoms with Crippen LogP contribution >= 0.6 is 15.9 Å². The summed E-state index contributed by atoms with van der Waals surface area (Å²) >= 11 is 3.39. The fraction of sp³-hybridized carbons (Fsp3) is 0.136. The predicted molar refractivity (Wildman–Crippen MR) is 115 cm³/mol. The molecule has 7 heteroatoms. The van der Waals surface area contributed by atoms with Gasteiger partial charge < -0.3 is 10.1 Å². The van der Waals surface area contributed by atoms with Crippen molar-refractivity contribution < 1.29 is 14.3 Å². The van der Waals surface area contributed by atoms with Crippen molar-refractivity contribution in [3.63, 3.8) is 0 Å². The second-order valence-electron chi connectivity index (χ2n) is 6.69. The molecule has 29 heavy (non-hydrogen) atoms. The molecule has 1 aromatic heterocycles. The van der Waals surface area contributed by atoms with Crippen molar-refractivity contribution in [2.75, 3.05) is 23.4 Å². The van der Waals surface area contributed by atoms with Crippen molar-refractivity contribution in [1.29, 1.82) is 0 Å². The van der Waals surface area contributed by atoms with Crippen LogP contribution in [-0.4, -0.2) is 29.9 Å². The third-order valence-corrected chi connectivity index (χ3v) is 5.19. The smallest absolute Gasteiger partial charge is 0.265 e. The van der Waals surface area contributed by atoms with Gasteiger partial charge in [-0.25, -0.2) is 0 Å². The molecular formula is C22H18BrN3O3. The van der Waals surface area contributed by atoms with Crippen molar-refractivity contribution in [3.05, 3.63) is 71.0 Å². The Balaban J connectivity index is 1.54. The van der Waals surface area contributed by atoms with Gasteiger partial charge in [0.2, 0.25) is 5.91 Å². The molecule has 1 N–H and O–H groups in total. The number of anilines is 2. The lowest BCUT2D eigenvalue weighted by atomic mass is 10.0. The van der Waals surface area contributed by atoms with Crippen molar-refractivity contribution in [3.8, 4) is 16.9 Å². The summed E-state index contributed by atoms with van der Waals surface area (Å²) in [6.45, 7) is 1.75. The number of aryl methyl sites for hydroxylation is 1. The predicted octanol–water partition coefficient (Wildman–Crippen LogP) is 4.18. The fourth-order valence-electron chi connectivity index (χ4n) is 3.17. The van der Waals surface area contributed by atoms with Gasteiger partial charge in [-0.05, 0) is 60.0 Å². The fourth-order valence-corrected chi connectivity index (χ4v) is 3.51. The second-order valence-corrected chi connectivity index (χ2v) is 7.61. The molecule has 0 saturated carbocycles. The standard InChI is InChI=1S/C22H18BrN3O3/c1-14-2-3-16(15-6-8-24-9-7-15)10-18(14)25-21(27)12-26-19-5-4-17(23)11-20(19)29-13-22(26)28/h2-11H,12-13H2,1H3,(H,25,27). The summed E-state index contributed by atoms with van der Waals surface area (Å²) in [5.74, 6) is 0.0453. The number of hydrogen-bond donors (Lipinski definition) is 1. The molecule has 0 fully saturated rings. The maximum atomic E-state index is 12.7.